The van der Waals surface area contributed by atoms with E-state index >= 15 is 0 Å². The van der Waals surface area contributed by atoms with Crippen LogP contribution in [0.1, 0.15) is 5.01 Å². The Balaban J connectivity index is 1.77. The molecular formula is C13H10N2O4S2. The summed E-state index contributed by atoms with van der Waals surface area (Å²) >= 11 is 2.51. The zero-order valence-electron chi connectivity index (χ0n) is 10.6. The summed E-state index contributed by atoms with van der Waals surface area (Å²) < 4.78 is 0.808. The lowest BCUT2D eigenvalue weighted by Gasteiger charge is -1.95. The highest BCUT2D eigenvalue weighted by atomic mass is 32.2. The first-order valence-corrected chi connectivity index (χ1v) is 7.88. The van der Waals surface area contributed by atoms with Crippen LogP contribution in [-0.2, 0) is 16.0 Å². The van der Waals surface area contributed by atoms with Crippen LogP contribution in [0.25, 0.3) is 10.2 Å². The number of carbonyl (C=O) groups excluding carboxylic acids is 1. The van der Waals surface area contributed by atoms with Crippen molar-refractivity contribution in [3.05, 3.63) is 23.2 Å². The summed E-state index contributed by atoms with van der Waals surface area (Å²) in [5.74, 6) is -0.777. The van der Waals surface area contributed by atoms with Crippen LogP contribution in [0.2, 0.25) is 0 Å². The highest BCUT2D eigenvalue weighted by Gasteiger charge is 2.28. The molecule has 0 saturated carbocycles. The van der Waals surface area contributed by atoms with E-state index in [2.05, 4.69) is 9.98 Å². The zero-order valence-corrected chi connectivity index (χ0v) is 12.3. The maximum Gasteiger partial charge on any atom is 0.329 e. The summed E-state index contributed by atoms with van der Waals surface area (Å²) in [5.41, 5.74) is 0.727. The smallest absolute Gasteiger partial charge is 0.329 e. The fourth-order valence-electron chi connectivity index (χ4n) is 1.90. The van der Waals surface area contributed by atoms with Gasteiger partial charge >= 0.3 is 5.97 Å². The van der Waals surface area contributed by atoms with E-state index in [4.69, 9.17) is 5.11 Å². The molecular weight excluding hydrogens is 312 g/mol. The molecule has 1 aromatic heterocycles. The Morgan fingerprint density at radius 3 is 2.90 bits per heavy atom. The Bertz CT molecular complexity index is 769. The number of nitrogens with zero attached hydrogens (tertiary/aromatic N) is 2. The van der Waals surface area contributed by atoms with E-state index in [-0.39, 0.29) is 23.0 Å². The van der Waals surface area contributed by atoms with E-state index in [9.17, 15) is 14.7 Å². The van der Waals surface area contributed by atoms with Gasteiger partial charge in [0.05, 0.1) is 16.6 Å². The van der Waals surface area contributed by atoms with Crippen LogP contribution in [0, 0.1) is 0 Å². The molecule has 6 nitrogen and oxygen atoms in total. The molecule has 1 aromatic carbocycles. The van der Waals surface area contributed by atoms with E-state index in [0.717, 1.165) is 10.2 Å². The number of carboxylic acids is 1. The first kappa shape index (κ1) is 14.0. The number of thiazole rings is 1. The number of carbonyl (C=O) groups is 2. The highest BCUT2D eigenvalue weighted by molar-refractivity contribution is 8.16. The van der Waals surface area contributed by atoms with Crippen LogP contribution >= 0.6 is 23.1 Å². The standard InChI is InChI=1S/C13H10N2O4S2/c16-6-1-2-7-10(3-6)21-11(14-7)4-9(17)12-15-8(5-20-12)13(18)19/h1-3,8,16H,4-5H2,(H,18,19)/t8-/m1/s1. The third kappa shape index (κ3) is 2.91. The predicted molar refractivity (Wildman–Crippen MR) is 81.3 cm³/mol. The molecule has 0 unspecified atom stereocenters. The fourth-order valence-corrected chi connectivity index (χ4v) is 3.87. The van der Waals surface area contributed by atoms with Gasteiger partial charge in [-0.15, -0.1) is 23.1 Å². The number of Topliss-reactive ketones (excluding diaryl/α,β-unsaturated/α-hetero) is 1. The Hall–Kier alpha value is -1.93. The number of thioether (sulfide) groups is 1. The number of ketones is 1. The topological polar surface area (TPSA) is 99.9 Å². The second-order valence-electron chi connectivity index (χ2n) is 4.46. The third-order valence-electron chi connectivity index (χ3n) is 2.90. The van der Waals surface area contributed by atoms with E-state index < -0.39 is 12.0 Å². The van der Waals surface area contributed by atoms with Crippen molar-refractivity contribution in [1.29, 1.82) is 0 Å². The van der Waals surface area contributed by atoms with E-state index in [1.165, 1.54) is 23.1 Å². The summed E-state index contributed by atoms with van der Waals surface area (Å²) in [6.07, 6.45) is 0.0955. The Morgan fingerprint density at radius 1 is 1.38 bits per heavy atom. The van der Waals surface area contributed by atoms with Crippen LogP contribution in [0.4, 0.5) is 0 Å². The first-order chi connectivity index (χ1) is 10.0. The molecule has 8 heteroatoms. The number of phenols is 1. The quantitative estimate of drug-likeness (QED) is 0.889. The summed E-state index contributed by atoms with van der Waals surface area (Å²) in [7, 11) is 0. The molecule has 1 aliphatic heterocycles. The minimum absolute atomic E-state index is 0.0955. The van der Waals surface area contributed by atoms with Gasteiger partial charge in [-0.3, -0.25) is 9.79 Å². The molecule has 3 rings (SSSR count). The molecule has 2 heterocycles. The minimum atomic E-state index is -1.01. The van der Waals surface area contributed by atoms with Crippen molar-refractivity contribution in [2.45, 2.75) is 12.5 Å². The van der Waals surface area contributed by atoms with Gasteiger partial charge in [0, 0.05) is 5.75 Å². The van der Waals surface area contributed by atoms with Crippen molar-refractivity contribution in [2.24, 2.45) is 4.99 Å². The summed E-state index contributed by atoms with van der Waals surface area (Å²) in [5, 5.41) is 19.1. The lowest BCUT2D eigenvalue weighted by molar-refractivity contribution is -0.137. The maximum absolute atomic E-state index is 12.1. The number of aliphatic carboxylic acids is 1. The van der Waals surface area contributed by atoms with Gasteiger partial charge < -0.3 is 10.2 Å². The van der Waals surface area contributed by atoms with E-state index in [0.29, 0.717) is 10.8 Å². The zero-order chi connectivity index (χ0) is 15.0. The van der Waals surface area contributed by atoms with Gasteiger partial charge in [0.1, 0.15) is 15.8 Å². The van der Waals surface area contributed by atoms with Crippen molar-refractivity contribution in [1.82, 2.24) is 4.98 Å². The monoisotopic (exact) mass is 322 g/mol. The number of hydrogen-bond donors (Lipinski definition) is 2. The summed E-state index contributed by atoms with van der Waals surface area (Å²) in [6, 6.07) is 4.00. The number of rotatable bonds is 4. The molecule has 1 atom stereocenters. The fraction of sp³-hybridized carbons (Fsp3) is 0.231. The Labute approximate surface area is 127 Å². The number of hydrogen-bond acceptors (Lipinski definition) is 7. The van der Waals surface area contributed by atoms with Gasteiger partial charge in [-0.05, 0) is 18.2 Å². The first-order valence-electron chi connectivity index (χ1n) is 6.08. The van der Waals surface area contributed by atoms with E-state index in [1.807, 2.05) is 0 Å². The van der Waals surface area contributed by atoms with Crippen LogP contribution in [0.3, 0.4) is 0 Å². The molecule has 0 amide bonds. The van der Waals surface area contributed by atoms with Gasteiger partial charge in [-0.2, -0.15) is 0 Å². The average Bonchev–Trinajstić information content (AvgIpc) is 3.03. The van der Waals surface area contributed by atoms with Gasteiger partial charge in [0.25, 0.3) is 0 Å². The van der Waals surface area contributed by atoms with Gasteiger partial charge in [-0.1, -0.05) is 0 Å². The van der Waals surface area contributed by atoms with Crippen molar-refractivity contribution in [3.63, 3.8) is 0 Å². The SMILES string of the molecule is O=C(Cc1nc2ccc(O)cc2s1)C1=N[C@@H](C(=O)O)CS1. The van der Waals surface area contributed by atoms with Gasteiger partial charge in [0.15, 0.2) is 11.8 Å². The summed E-state index contributed by atoms with van der Waals surface area (Å²) in [6.45, 7) is 0. The molecule has 0 radical (unpaired) electrons. The number of aromatic nitrogens is 1. The Kier molecular flexibility index (Phi) is 3.64. The third-order valence-corrected chi connectivity index (χ3v) is 5.01. The number of fused-ring (bicyclic) bond motifs is 1. The van der Waals surface area contributed by atoms with Crippen molar-refractivity contribution in [3.8, 4) is 5.75 Å². The van der Waals surface area contributed by atoms with Crippen LogP contribution < -0.4 is 0 Å². The molecule has 0 spiro atoms. The molecule has 108 valence electrons. The molecule has 0 saturated heterocycles. The number of aromatic hydroxyl groups is 1. The second-order valence-corrected chi connectivity index (χ2v) is 6.58. The van der Waals surface area contributed by atoms with Crippen molar-refractivity contribution < 1.29 is 19.8 Å². The molecule has 2 aromatic rings. The van der Waals surface area contributed by atoms with Crippen molar-refractivity contribution in [2.75, 3.05) is 5.75 Å². The lowest BCUT2D eigenvalue weighted by atomic mass is 10.3. The second kappa shape index (κ2) is 5.45. The van der Waals surface area contributed by atoms with Crippen LogP contribution in [0.15, 0.2) is 23.2 Å². The molecule has 1 aliphatic rings. The molecule has 0 bridgehead atoms. The number of benzene rings is 1. The normalized spacial score (nSPS) is 17.9. The summed E-state index contributed by atoms with van der Waals surface area (Å²) in [4.78, 5) is 31.2. The van der Waals surface area contributed by atoms with E-state index in [1.54, 1.807) is 18.2 Å². The highest BCUT2D eigenvalue weighted by Crippen LogP contribution is 2.27. The van der Waals surface area contributed by atoms with Crippen molar-refractivity contribution >= 4 is 50.1 Å². The predicted octanol–water partition coefficient (Wildman–Crippen LogP) is 1.71. The Morgan fingerprint density at radius 2 is 2.19 bits per heavy atom. The molecule has 2 N–H and O–H groups in total. The van der Waals surface area contributed by atoms with Gasteiger partial charge in [0.2, 0.25) is 0 Å². The largest absolute Gasteiger partial charge is 0.508 e. The molecule has 0 fully saturated rings. The lowest BCUT2D eigenvalue weighted by Crippen LogP contribution is -2.17. The van der Waals surface area contributed by atoms with Crippen LogP contribution in [0.5, 0.6) is 5.75 Å². The number of aliphatic imine (C=N–C) groups is 1. The molecule has 21 heavy (non-hydrogen) atoms. The van der Waals surface area contributed by atoms with Gasteiger partial charge in [-0.25, -0.2) is 9.78 Å². The average molecular weight is 322 g/mol. The number of phenolic OH excluding ortho intramolecular Hbond substituents is 1. The maximum atomic E-state index is 12.1. The minimum Gasteiger partial charge on any atom is -0.508 e. The molecule has 0 aliphatic carbocycles. The number of carboxylic acid groups (broad SMARTS) is 1. The van der Waals surface area contributed by atoms with Crippen LogP contribution in [-0.4, -0.2) is 43.8 Å².